The molecule has 16 heavy (non-hydrogen) atoms. The summed E-state index contributed by atoms with van der Waals surface area (Å²) < 4.78 is 5.72. The van der Waals surface area contributed by atoms with Crippen molar-refractivity contribution in [2.75, 3.05) is 26.2 Å². The first-order valence-corrected chi connectivity index (χ1v) is 6.18. The fourth-order valence-corrected chi connectivity index (χ4v) is 3.07. The predicted octanol–water partition coefficient (Wildman–Crippen LogP) is 0.871. The van der Waals surface area contributed by atoms with Gasteiger partial charge in [-0.05, 0) is 32.9 Å². The summed E-state index contributed by atoms with van der Waals surface area (Å²) in [6, 6.07) is 0. The summed E-state index contributed by atoms with van der Waals surface area (Å²) in [4.78, 5) is 2.28. The number of likely N-dealkylation sites (tertiary alicyclic amines) is 1. The maximum absolute atomic E-state index is 10.00. The number of hydrogen-bond acceptors (Lipinski definition) is 3. The van der Waals surface area contributed by atoms with E-state index in [0.717, 1.165) is 45.5 Å². The highest BCUT2D eigenvalue weighted by Crippen LogP contribution is 2.50. The van der Waals surface area contributed by atoms with Gasteiger partial charge in [0.25, 0.3) is 0 Å². The molecule has 2 rings (SSSR count). The maximum atomic E-state index is 10.00. The van der Waals surface area contributed by atoms with E-state index in [1.54, 1.807) is 0 Å². The number of nitrogens with zero attached hydrogens (tertiary/aromatic N) is 1. The lowest BCUT2D eigenvalue weighted by molar-refractivity contribution is -0.209. The Bertz CT molecular complexity index is 274. The van der Waals surface area contributed by atoms with E-state index in [-0.39, 0.29) is 17.6 Å². The van der Waals surface area contributed by atoms with Crippen molar-refractivity contribution in [1.29, 1.82) is 0 Å². The molecule has 0 bridgehead atoms. The minimum Gasteiger partial charge on any atom is -0.392 e. The molecule has 1 N–H and O–H groups in total. The van der Waals surface area contributed by atoms with E-state index in [9.17, 15) is 5.11 Å². The van der Waals surface area contributed by atoms with Crippen molar-refractivity contribution >= 4 is 0 Å². The van der Waals surface area contributed by atoms with E-state index < -0.39 is 0 Å². The van der Waals surface area contributed by atoms with Crippen LogP contribution in [0.15, 0.2) is 0 Å². The molecule has 1 saturated carbocycles. The lowest BCUT2D eigenvalue weighted by atomic mass is 9.58. The van der Waals surface area contributed by atoms with Gasteiger partial charge in [0.1, 0.15) is 0 Å². The van der Waals surface area contributed by atoms with Gasteiger partial charge in [-0.1, -0.05) is 5.92 Å². The summed E-state index contributed by atoms with van der Waals surface area (Å²) in [6.45, 7) is 5.47. The quantitative estimate of drug-likeness (QED) is 0.721. The van der Waals surface area contributed by atoms with Crippen LogP contribution in [0.4, 0.5) is 0 Å². The summed E-state index contributed by atoms with van der Waals surface area (Å²) in [6.07, 6.45) is 8.24. The monoisotopic (exact) mass is 223 g/mol. The molecule has 2 fully saturated rings. The van der Waals surface area contributed by atoms with Crippen molar-refractivity contribution < 1.29 is 9.84 Å². The minimum absolute atomic E-state index is 0.0289. The van der Waals surface area contributed by atoms with Gasteiger partial charge in [0.2, 0.25) is 0 Å². The molecule has 1 aliphatic heterocycles. The standard InChI is InChI=1S/C13H21NO2/c1-3-7-14-8-5-13(6-9-14)11(15)10-12(13)16-4-2/h1,11-12,15H,4-10H2,2H3. The molecule has 0 aromatic carbocycles. The molecule has 0 amide bonds. The Kier molecular flexibility index (Phi) is 3.53. The first-order valence-electron chi connectivity index (χ1n) is 6.18. The molecular weight excluding hydrogens is 202 g/mol. The van der Waals surface area contributed by atoms with E-state index >= 15 is 0 Å². The Hall–Kier alpha value is -0.560. The Labute approximate surface area is 97.8 Å². The second-order valence-corrected chi connectivity index (χ2v) is 4.91. The normalized spacial score (nSPS) is 33.3. The predicted molar refractivity (Wildman–Crippen MR) is 63.0 cm³/mol. The Morgan fingerprint density at radius 2 is 2.19 bits per heavy atom. The minimum atomic E-state index is -0.169. The van der Waals surface area contributed by atoms with Gasteiger partial charge in [-0.25, -0.2) is 0 Å². The van der Waals surface area contributed by atoms with Crippen molar-refractivity contribution in [3.63, 3.8) is 0 Å². The van der Waals surface area contributed by atoms with Crippen LogP contribution in [0.5, 0.6) is 0 Å². The molecule has 0 aromatic heterocycles. The van der Waals surface area contributed by atoms with E-state index in [2.05, 4.69) is 10.8 Å². The van der Waals surface area contributed by atoms with Crippen molar-refractivity contribution in [1.82, 2.24) is 4.90 Å². The number of aliphatic hydroxyl groups excluding tert-OH is 1. The Morgan fingerprint density at radius 3 is 2.69 bits per heavy atom. The van der Waals surface area contributed by atoms with Gasteiger partial charge in [-0.3, -0.25) is 4.90 Å². The van der Waals surface area contributed by atoms with Crippen LogP contribution in [0.2, 0.25) is 0 Å². The average Bonchev–Trinajstić information content (AvgIpc) is 2.30. The highest BCUT2D eigenvalue weighted by molar-refractivity contribution is 5.07. The highest BCUT2D eigenvalue weighted by Gasteiger charge is 2.55. The summed E-state index contributed by atoms with van der Waals surface area (Å²) in [5, 5.41) is 10.00. The molecular formula is C13H21NO2. The Morgan fingerprint density at radius 1 is 1.50 bits per heavy atom. The molecule has 1 spiro atoms. The summed E-state index contributed by atoms with van der Waals surface area (Å²) in [5.41, 5.74) is 0.0289. The fourth-order valence-electron chi connectivity index (χ4n) is 3.07. The molecule has 0 aromatic rings. The molecule has 2 aliphatic rings. The second-order valence-electron chi connectivity index (χ2n) is 4.91. The number of rotatable bonds is 3. The van der Waals surface area contributed by atoms with Crippen LogP contribution in [0.1, 0.15) is 26.2 Å². The first-order chi connectivity index (χ1) is 7.73. The van der Waals surface area contributed by atoms with Crippen LogP contribution in [-0.2, 0) is 4.74 Å². The van der Waals surface area contributed by atoms with E-state index in [1.165, 1.54) is 0 Å². The summed E-state index contributed by atoms with van der Waals surface area (Å²) in [5.74, 6) is 2.68. The summed E-state index contributed by atoms with van der Waals surface area (Å²) >= 11 is 0. The van der Waals surface area contributed by atoms with Crippen LogP contribution in [0, 0.1) is 17.8 Å². The van der Waals surface area contributed by atoms with E-state index in [0.29, 0.717) is 0 Å². The molecule has 2 atom stereocenters. The number of ether oxygens (including phenoxy) is 1. The molecule has 2 unspecified atom stereocenters. The van der Waals surface area contributed by atoms with Gasteiger partial charge < -0.3 is 9.84 Å². The first kappa shape index (κ1) is 11.9. The zero-order valence-electron chi connectivity index (χ0n) is 9.98. The van der Waals surface area contributed by atoms with Crippen LogP contribution >= 0.6 is 0 Å². The molecule has 1 aliphatic carbocycles. The van der Waals surface area contributed by atoms with Crippen molar-refractivity contribution in [2.24, 2.45) is 5.41 Å². The van der Waals surface area contributed by atoms with Crippen LogP contribution in [0.3, 0.4) is 0 Å². The van der Waals surface area contributed by atoms with Gasteiger partial charge in [0, 0.05) is 18.4 Å². The average molecular weight is 223 g/mol. The topological polar surface area (TPSA) is 32.7 Å². The third kappa shape index (κ3) is 1.86. The van der Waals surface area contributed by atoms with Crippen molar-refractivity contribution in [3.8, 4) is 12.3 Å². The maximum Gasteiger partial charge on any atom is 0.0681 e. The van der Waals surface area contributed by atoms with E-state index in [4.69, 9.17) is 11.2 Å². The fraction of sp³-hybridized carbons (Fsp3) is 0.846. The van der Waals surface area contributed by atoms with Gasteiger partial charge in [-0.2, -0.15) is 0 Å². The third-order valence-corrected chi connectivity index (χ3v) is 4.21. The van der Waals surface area contributed by atoms with E-state index in [1.807, 2.05) is 6.92 Å². The Balaban J connectivity index is 1.92. The largest absolute Gasteiger partial charge is 0.392 e. The number of hydrogen-bond donors (Lipinski definition) is 1. The molecule has 1 saturated heterocycles. The lowest BCUT2D eigenvalue weighted by Gasteiger charge is -2.56. The molecule has 0 radical (unpaired) electrons. The smallest absolute Gasteiger partial charge is 0.0681 e. The van der Waals surface area contributed by atoms with Crippen LogP contribution < -0.4 is 0 Å². The molecule has 90 valence electrons. The lowest BCUT2D eigenvalue weighted by Crippen LogP contribution is -2.62. The molecule has 3 nitrogen and oxygen atoms in total. The van der Waals surface area contributed by atoms with Gasteiger partial charge in [0.15, 0.2) is 0 Å². The third-order valence-electron chi connectivity index (χ3n) is 4.21. The van der Waals surface area contributed by atoms with Crippen LogP contribution in [0.25, 0.3) is 0 Å². The second kappa shape index (κ2) is 4.75. The number of piperidine rings is 1. The van der Waals surface area contributed by atoms with Crippen LogP contribution in [-0.4, -0.2) is 48.5 Å². The van der Waals surface area contributed by atoms with Crippen molar-refractivity contribution in [3.05, 3.63) is 0 Å². The molecule has 3 heteroatoms. The van der Waals surface area contributed by atoms with Crippen molar-refractivity contribution in [2.45, 2.75) is 38.4 Å². The SMILES string of the molecule is C#CCN1CCC2(CC1)C(O)CC2OCC. The van der Waals surface area contributed by atoms with Gasteiger partial charge in [-0.15, -0.1) is 6.42 Å². The summed E-state index contributed by atoms with van der Waals surface area (Å²) in [7, 11) is 0. The highest BCUT2D eigenvalue weighted by atomic mass is 16.5. The van der Waals surface area contributed by atoms with Gasteiger partial charge in [0.05, 0.1) is 18.8 Å². The number of aliphatic hydroxyl groups is 1. The zero-order chi connectivity index (χ0) is 11.6. The zero-order valence-corrected chi connectivity index (χ0v) is 9.98. The number of terminal acetylenes is 1. The molecule has 1 heterocycles. The van der Waals surface area contributed by atoms with Gasteiger partial charge >= 0.3 is 0 Å².